The first kappa shape index (κ1) is 22.8. The number of anilines is 1. The number of ether oxygens (including phenoxy) is 1. The summed E-state index contributed by atoms with van der Waals surface area (Å²) in [5.41, 5.74) is 4.09. The third-order valence-corrected chi connectivity index (χ3v) is 5.87. The van der Waals surface area contributed by atoms with Crippen LogP contribution >= 0.6 is 11.6 Å². The Hall–Kier alpha value is -3.40. The number of para-hydroxylation sites is 1. The topological polar surface area (TPSA) is 65.4 Å². The van der Waals surface area contributed by atoms with Crippen LogP contribution in [-0.2, 0) is 9.53 Å². The molecule has 2 aliphatic rings. The van der Waals surface area contributed by atoms with E-state index in [0.717, 1.165) is 41.9 Å². The average Bonchev–Trinajstić information content (AvgIpc) is 3.22. The molecule has 0 saturated carbocycles. The maximum Gasteiger partial charge on any atom is 0.266 e. The maximum atomic E-state index is 13.9. The summed E-state index contributed by atoms with van der Waals surface area (Å²) < 4.78 is 19.5. The summed E-state index contributed by atoms with van der Waals surface area (Å²) >= 11 is 6.02. The minimum absolute atomic E-state index is 0.0424. The molecule has 4 rings (SSSR count). The van der Waals surface area contributed by atoms with E-state index in [1.807, 2.05) is 30.3 Å². The average molecular weight is 464 g/mol. The van der Waals surface area contributed by atoms with Crippen LogP contribution in [0.15, 0.2) is 77.0 Å². The van der Waals surface area contributed by atoms with E-state index in [2.05, 4.69) is 16.3 Å². The van der Waals surface area contributed by atoms with Gasteiger partial charge >= 0.3 is 0 Å². The molecule has 7 heteroatoms. The van der Waals surface area contributed by atoms with Crippen LogP contribution in [-0.4, -0.2) is 37.1 Å². The SMILES string of the molecule is N#C/C(=C\C1=C(N2CCOCC2)C(=C/c2ccc(Cl)cc2)/CC1)C(=O)Nc1ccccc1F. The standard InChI is InChI=1S/C26H23ClFN3O2/c27-22-9-5-18(6-10-22)15-19-7-8-20(25(19)31-11-13-33-14-12-31)16-21(17-29)26(32)30-24-4-2-1-3-23(24)28/h1-6,9-10,15-16H,7-8,11-14H2,(H,30,32)/b19-15+,21-16+. The number of carbonyl (C=O) groups excluding carboxylic acids is 1. The Morgan fingerprint density at radius 3 is 2.55 bits per heavy atom. The first-order valence-electron chi connectivity index (χ1n) is 10.7. The van der Waals surface area contributed by atoms with Gasteiger partial charge in [-0.2, -0.15) is 5.26 Å². The summed E-state index contributed by atoms with van der Waals surface area (Å²) in [6, 6.07) is 15.5. The molecular weight excluding hydrogens is 441 g/mol. The van der Waals surface area contributed by atoms with Crippen LogP contribution in [0.1, 0.15) is 18.4 Å². The van der Waals surface area contributed by atoms with Crippen LogP contribution in [0.4, 0.5) is 10.1 Å². The lowest BCUT2D eigenvalue weighted by atomic mass is 10.1. The summed E-state index contributed by atoms with van der Waals surface area (Å²) in [5, 5.41) is 12.8. The highest BCUT2D eigenvalue weighted by Crippen LogP contribution is 2.37. The van der Waals surface area contributed by atoms with E-state index < -0.39 is 11.7 Å². The Kier molecular flexibility index (Phi) is 7.23. The molecule has 0 spiro atoms. The molecule has 1 aliphatic carbocycles. The molecule has 2 aromatic rings. The van der Waals surface area contributed by atoms with Crippen molar-refractivity contribution in [2.75, 3.05) is 31.6 Å². The highest BCUT2D eigenvalue weighted by Gasteiger charge is 2.26. The highest BCUT2D eigenvalue weighted by atomic mass is 35.5. The number of amides is 1. The molecule has 1 aliphatic heterocycles. The molecular formula is C26H23ClFN3O2. The van der Waals surface area contributed by atoms with Crippen molar-refractivity contribution in [3.05, 3.63) is 93.4 Å². The quantitative estimate of drug-likeness (QED) is 0.480. The fourth-order valence-electron chi connectivity index (χ4n) is 4.02. The summed E-state index contributed by atoms with van der Waals surface area (Å²) in [6.07, 6.45) is 5.23. The number of nitrogens with zero attached hydrogens (tertiary/aromatic N) is 2. The van der Waals surface area contributed by atoms with E-state index in [0.29, 0.717) is 24.7 Å². The lowest BCUT2D eigenvalue weighted by Crippen LogP contribution is -2.36. The van der Waals surface area contributed by atoms with Gasteiger partial charge in [0.25, 0.3) is 5.91 Å². The van der Waals surface area contributed by atoms with E-state index in [4.69, 9.17) is 16.3 Å². The van der Waals surface area contributed by atoms with Gasteiger partial charge in [-0.15, -0.1) is 0 Å². The van der Waals surface area contributed by atoms with Gasteiger partial charge in [0.2, 0.25) is 0 Å². The second-order valence-electron chi connectivity index (χ2n) is 7.80. The molecule has 0 unspecified atom stereocenters. The van der Waals surface area contributed by atoms with Crippen molar-refractivity contribution in [1.82, 2.24) is 4.90 Å². The Bertz CT molecular complexity index is 1170. The smallest absolute Gasteiger partial charge is 0.266 e. The number of benzene rings is 2. The zero-order chi connectivity index (χ0) is 23.2. The van der Waals surface area contributed by atoms with E-state index in [9.17, 15) is 14.4 Å². The van der Waals surface area contributed by atoms with Gasteiger partial charge in [-0.25, -0.2) is 4.39 Å². The van der Waals surface area contributed by atoms with Gasteiger partial charge in [-0.05, 0) is 66.0 Å². The first-order chi connectivity index (χ1) is 16.0. The van der Waals surface area contributed by atoms with Crippen LogP contribution in [0.3, 0.4) is 0 Å². The van der Waals surface area contributed by atoms with Crippen molar-refractivity contribution in [2.45, 2.75) is 12.8 Å². The lowest BCUT2D eigenvalue weighted by molar-refractivity contribution is -0.112. The van der Waals surface area contributed by atoms with E-state index in [1.165, 1.54) is 12.1 Å². The second kappa shape index (κ2) is 10.5. The number of carbonyl (C=O) groups is 1. The zero-order valence-corrected chi connectivity index (χ0v) is 18.7. The predicted molar refractivity (Wildman–Crippen MR) is 127 cm³/mol. The largest absolute Gasteiger partial charge is 0.378 e. The molecule has 1 amide bonds. The molecule has 0 aromatic heterocycles. The number of rotatable bonds is 5. The fraction of sp³-hybridized carbons (Fsp3) is 0.231. The molecule has 0 bridgehead atoms. The number of hydrogen-bond donors (Lipinski definition) is 1. The van der Waals surface area contributed by atoms with Crippen molar-refractivity contribution in [3.8, 4) is 6.07 Å². The van der Waals surface area contributed by atoms with Gasteiger partial charge in [0.1, 0.15) is 17.5 Å². The van der Waals surface area contributed by atoms with E-state index >= 15 is 0 Å². The zero-order valence-electron chi connectivity index (χ0n) is 18.0. The Labute approximate surface area is 197 Å². The van der Waals surface area contributed by atoms with Gasteiger partial charge in [-0.3, -0.25) is 4.79 Å². The Morgan fingerprint density at radius 2 is 1.85 bits per heavy atom. The molecule has 5 nitrogen and oxygen atoms in total. The van der Waals surface area contributed by atoms with Crippen molar-refractivity contribution in [3.63, 3.8) is 0 Å². The minimum Gasteiger partial charge on any atom is -0.378 e. The minimum atomic E-state index is -0.633. The van der Waals surface area contributed by atoms with Crippen LogP contribution in [0, 0.1) is 17.1 Å². The molecule has 1 saturated heterocycles. The van der Waals surface area contributed by atoms with Crippen LogP contribution in [0.2, 0.25) is 5.02 Å². The molecule has 168 valence electrons. The van der Waals surface area contributed by atoms with E-state index in [-0.39, 0.29) is 11.3 Å². The number of hydrogen-bond acceptors (Lipinski definition) is 4. The molecule has 1 N–H and O–H groups in total. The molecule has 33 heavy (non-hydrogen) atoms. The predicted octanol–water partition coefficient (Wildman–Crippen LogP) is 5.33. The summed E-state index contributed by atoms with van der Waals surface area (Å²) in [6.45, 7) is 2.70. The molecule has 1 heterocycles. The van der Waals surface area contributed by atoms with Gasteiger partial charge in [0, 0.05) is 23.8 Å². The number of allylic oxidation sites excluding steroid dienone is 3. The fourth-order valence-corrected chi connectivity index (χ4v) is 4.15. The number of nitrogens with one attached hydrogen (secondary N) is 1. The van der Waals surface area contributed by atoms with Crippen molar-refractivity contribution in [1.29, 1.82) is 5.26 Å². The summed E-state index contributed by atoms with van der Waals surface area (Å²) in [4.78, 5) is 15.0. The number of nitriles is 1. The number of morpholine rings is 1. The molecule has 0 radical (unpaired) electrons. The highest BCUT2D eigenvalue weighted by molar-refractivity contribution is 6.30. The third kappa shape index (κ3) is 5.51. The van der Waals surface area contributed by atoms with E-state index in [1.54, 1.807) is 18.2 Å². The van der Waals surface area contributed by atoms with Crippen LogP contribution in [0.5, 0.6) is 0 Å². The van der Waals surface area contributed by atoms with Gasteiger partial charge < -0.3 is 15.0 Å². The van der Waals surface area contributed by atoms with Crippen LogP contribution < -0.4 is 5.32 Å². The van der Waals surface area contributed by atoms with Crippen molar-refractivity contribution in [2.24, 2.45) is 0 Å². The normalized spacial score (nSPS) is 17.9. The third-order valence-electron chi connectivity index (χ3n) is 5.62. The molecule has 1 fully saturated rings. The van der Waals surface area contributed by atoms with Gasteiger partial charge in [-0.1, -0.05) is 35.9 Å². The first-order valence-corrected chi connectivity index (χ1v) is 11.1. The van der Waals surface area contributed by atoms with Gasteiger partial charge in [0.05, 0.1) is 18.9 Å². The second-order valence-corrected chi connectivity index (χ2v) is 8.23. The Morgan fingerprint density at radius 1 is 1.12 bits per heavy atom. The lowest BCUT2D eigenvalue weighted by Gasteiger charge is -2.31. The van der Waals surface area contributed by atoms with Crippen LogP contribution in [0.25, 0.3) is 6.08 Å². The molecule has 2 aromatic carbocycles. The summed E-state index contributed by atoms with van der Waals surface area (Å²) in [7, 11) is 0. The Balaban J connectivity index is 1.68. The van der Waals surface area contributed by atoms with Crippen molar-refractivity contribution >= 4 is 29.3 Å². The monoisotopic (exact) mass is 463 g/mol. The molecule has 0 atom stereocenters. The summed E-state index contributed by atoms with van der Waals surface area (Å²) in [5.74, 6) is -1.18. The van der Waals surface area contributed by atoms with Crippen molar-refractivity contribution < 1.29 is 13.9 Å². The maximum absolute atomic E-state index is 13.9. The van der Waals surface area contributed by atoms with Gasteiger partial charge in [0.15, 0.2) is 0 Å². The number of halogens is 2.